The Morgan fingerprint density at radius 1 is 1.37 bits per heavy atom. The third kappa shape index (κ3) is 2.37. The number of aliphatic carboxylic acids is 1. The minimum absolute atomic E-state index is 0.341. The monoisotopic (exact) mass is 270 g/mol. The molecule has 1 aliphatic rings. The molecule has 100 valence electrons. The van der Waals surface area contributed by atoms with Crippen molar-refractivity contribution in [3.63, 3.8) is 0 Å². The van der Waals surface area contributed by atoms with Crippen LogP contribution in [0.25, 0.3) is 0 Å². The zero-order chi connectivity index (χ0) is 14.2. The van der Waals surface area contributed by atoms with Crippen molar-refractivity contribution in [1.29, 1.82) is 0 Å². The number of nitrogens with one attached hydrogen (secondary N) is 1. The third-order valence-electron chi connectivity index (χ3n) is 2.59. The first kappa shape index (κ1) is 12.9. The van der Waals surface area contributed by atoms with Crippen LogP contribution in [-0.4, -0.2) is 34.5 Å². The average Bonchev–Trinajstić information content (AvgIpc) is 2.60. The van der Waals surface area contributed by atoms with Gasteiger partial charge in [0.15, 0.2) is 0 Å². The van der Waals surface area contributed by atoms with Crippen molar-refractivity contribution in [2.45, 2.75) is 6.04 Å². The van der Waals surface area contributed by atoms with E-state index in [-0.39, 0.29) is 5.56 Å². The molecule has 2 N–H and O–H groups in total. The van der Waals surface area contributed by atoms with Gasteiger partial charge in [-0.3, -0.25) is 14.5 Å². The lowest BCUT2D eigenvalue weighted by atomic mass is 10.1. The SMILES string of the molecule is O=C(O)CN1C(=O)NC(c2cc(F)ccc2F)C1=O. The fraction of sp³-hybridized carbons (Fsp3) is 0.182. The molecule has 1 aliphatic heterocycles. The maximum Gasteiger partial charge on any atom is 0.325 e. The summed E-state index contributed by atoms with van der Waals surface area (Å²) in [5.41, 5.74) is -0.341. The van der Waals surface area contributed by atoms with Crippen LogP contribution in [0, 0.1) is 11.6 Å². The van der Waals surface area contributed by atoms with Crippen molar-refractivity contribution in [1.82, 2.24) is 10.2 Å². The van der Waals surface area contributed by atoms with Gasteiger partial charge in [-0.1, -0.05) is 0 Å². The Morgan fingerprint density at radius 2 is 2.05 bits per heavy atom. The van der Waals surface area contributed by atoms with Gasteiger partial charge in [-0.05, 0) is 18.2 Å². The fourth-order valence-corrected chi connectivity index (χ4v) is 1.75. The molecule has 1 aromatic rings. The van der Waals surface area contributed by atoms with Crippen molar-refractivity contribution in [2.24, 2.45) is 0 Å². The summed E-state index contributed by atoms with van der Waals surface area (Å²) in [6.45, 7) is -0.835. The zero-order valence-corrected chi connectivity index (χ0v) is 9.39. The summed E-state index contributed by atoms with van der Waals surface area (Å²) in [6.07, 6.45) is 0. The molecule has 3 amide bonds. The summed E-state index contributed by atoms with van der Waals surface area (Å²) in [5, 5.41) is 10.7. The first-order valence-electron chi connectivity index (χ1n) is 5.18. The van der Waals surface area contributed by atoms with Gasteiger partial charge in [-0.2, -0.15) is 0 Å². The number of carboxylic acids is 1. The quantitative estimate of drug-likeness (QED) is 0.789. The van der Waals surface area contributed by atoms with Crippen LogP contribution >= 0.6 is 0 Å². The summed E-state index contributed by atoms with van der Waals surface area (Å²) in [7, 11) is 0. The highest BCUT2D eigenvalue weighted by molar-refractivity contribution is 6.06. The molecule has 0 spiro atoms. The van der Waals surface area contributed by atoms with Gasteiger partial charge in [0, 0.05) is 5.56 Å². The molecule has 1 aromatic carbocycles. The number of carboxylic acid groups (broad SMARTS) is 1. The summed E-state index contributed by atoms with van der Waals surface area (Å²) in [6, 6.07) is 0.102. The normalized spacial score (nSPS) is 18.6. The smallest absolute Gasteiger partial charge is 0.325 e. The number of amides is 3. The van der Waals surface area contributed by atoms with E-state index < -0.39 is 42.1 Å². The molecule has 0 radical (unpaired) electrons. The third-order valence-corrected chi connectivity index (χ3v) is 2.59. The second kappa shape index (κ2) is 4.63. The number of nitrogens with zero attached hydrogens (tertiary/aromatic N) is 1. The van der Waals surface area contributed by atoms with Gasteiger partial charge in [0.05, 0.1) is 0 Å². The topological polar surface area (TPSA) is 86.7 Å². The van der Waals surface area contributed by atoms with Gasteiger partial charge < -0.3 is 10.4 Å². The highest BCUT2D eigenvalue weighted by Gasteiger charge is 2.41. The molecule has 0 saturated carbocycles. The van der Waals surface area contributed by atoms with Gasteiger partial charge in [-0.15, -0.1) is 0 Å². The molecule has 1 atom stereocenters. The van der Waals surface area contributed by atoms with Gasteiger partial charge in [-0.25, -0.2) is 13.6 Å². The molecule has 6 nitrogen and oxygen atoms in total. The van der Waals surface area contributed by atoms with Gasteiger partial charge in [0.1, 0.15) is 24.2 Å². The molecule has 0 bridgehead atoms. The lowest BCUT2D eigenvalue weighted by Gasteiger charge is -2.11. The van der Waals surface area contributed by atoms with Crippen molar-refractivity contribution in [3.05, 3.63) is 35.4 Å². The number of benzene rings is 1. The molecule has 0 aliphatic carbocycles. The largest absolute Gasteiger partial charge is 0.480 e. The lowest BCUT2D eigenvalue weighted by Crippen LogP contribution is -2.35. The second-order valence-corrected chi connectivity index (χ2v) is 3.87. The lowest BCUT2D eigenvalue weighted by molar-refractivity contribution is -0.141. The van der Waals surface area contributed by atoms with Crippen molar-refractivity contribution in [3.8, 4) is 0 Å². The number of halogens is 2. The van der Waals surface area contributed by atoms with Crippen LogP contribution in [0.2, 0.25) is 0 Å². The van der Waals surface area contributed by atoms with Crippen molar-refractivity contribution in [2.75, 3.05) is 6.54 Å². The van der Waals surface area contributed by atoms with E-state index in [1.807, 2.05) is 0 Å². The number of urea groups is 1. The van der Waals surface area contributed by atoms with Crippen molar-refractivity contribution < 1.29 is 28.3 Å². The van der Waals surface area contributed by atoms with E-state index in [0.29, 0.717) is 4.90 Å². The number of hydrogen-bond donors (Lipinski definition) is 2. The van der Waals surface area contributed by atoms with Gasteiger partial charge in [0.2, 0.25) is 0 Å². The molecule has 1 heterocycles. The minimum Gasteiger partial charge on any atom is -0.480 e. The van der Waals surface area contributed by atoms with E-state index in [2.05, 4.69) is 5.32 Å². The molecule has 8 heteroatoms. The number of hydrogen-bond acceptors (Lipinski definition) is 3. The van der Waals surface area contributed by atoms with Crippen LogP contribution in [0.4, 0.5) is 13.6 Å². The van der Waals surface area contributed by atoms with Crippen LogP contribution in [0.15, 0.2) is 18.2 Å². The van der Waals surface area contributed by atoms with E-state index in [4.69, 9.17) is 5.11 Å². The van der Waals surface area contributed by atoms with Crippen LogP contribution in [0.1, 0.15) is 11.6 Å². The fourth-order valence-electron chi connectivity index (χ4n) is 1.75. The Bertz CT molecular complexity index is 576. The Labute approximate surface area is 105 Å². The van der Waals surface area contributed by atoms with Gasteiger partial charge in [0.25, 0.3) is 5.91 Å². The minimum atomic E-state index is -1.41. The van der Waals surface area contributed by atoms with Crippen molar-refractivity contribution >= 4 is 17.9 Å². The first-order valence-corrected chi connectivity index (χ1v) is 5.18. The average molecular weight is 270 g/mol. The van der Waals surface area contributed by atoms with Crippen LogP contribution < -0.4 is 5.32 Å². The Hall–Kier alpha value is -2.51. The van der Waals surface area contributed by atoms with Crippen LogP contribution in [0.3, 0.4) is 0 Å². The Morgan fingerprint density at radius 3 is 2.68 bits per heavy atom. The van der Waals surface area contributed by atoms with E-state index in [0.717, 1.165) is 18.2 Å². The number of carbonyl (C=O) groups excluding carboxylic acids is 2. The molecule has 1 unspecified atom stereocenters. The molecule has 1 fully saturated rings. The summed E-state index contributed by atoms with van der Waals surface area (Å²) < 4.78 is 26.5. The maximum absolute atomic E-state index is 13.5. The van der Waals surface area contributed by atoms with E-state index in [9.17, 15) is 23.2 Å². The molecule has 19 heavy (non-hydrogen) atoms. The predicted molar refractivity (Wildman–Crippen MR) is 57.0 cm³/mol. The van der Waals surface area contributed by atoms with E-state index in [1.54, 1.807) is 0 Å². The predicted octanol–water partition coefficient (Wildman–Crippen LogP) is 0.642. The summed E-state index contributed by atoms with van der Waals surface area (Å²) >= 11 is 0. The first-order chi connectivity index (χ1) is 8.90. The van der Waals surface area contributed by atoms with E-state index in [1.165, 1.54) is 0 Å². The van der Waals surface area contributed by atoms with E-state index >= 15 is 0 Å². The summed E-state index contributed by atoms with van der Waals surface area (Å²) in [5.74, 6) is -3.95. The van der Waals surface area contributed by atoms with Crippen LogP contribution in [0.5, 0.6) is 0 Å². The van der Waals surface area contributed by atoms with Gasteiger partial charge >= 0.3 is 12.0 Å². The number of rotatable bonds is 3. The zero-order valence-electron chi connectivity index (χ0n) is 9.39. The Kier molecular flexibility index (Phi) is 3.16. The standard InChI is InChI=1S/C11H8F2N2O4/c12-5-1-2-7(13)6(3-5)9-10(18)15(4-8(16)17)11(19)14-9/h1-3,9H,4H2,(H,14,19)(H,16,17). The second-order valence-electron chi connectivity index (χ2n) is 3.87. The molecule has 2 rings (SSSR count). The molecule has 1 saturated heterocycles. The Balaban J connectivity index is 2.32. The maximum atomic E-state index is 13.5. The van der Waals surface area contributed by atoms with Crippen LogP contribution in [-0.2, 0) is 9.59 Å². The molecule has 0 aromatic heterocycles. The summed E-state index contributed by atoms with van der Waals surface area (Å²) in [4.78, 5) is 34.2. The number of imide groups is 1. The highest BCUT2D eigenvalue weighted by Crippen LogP contribution is 2.24. The molecular formula is C11H8F2N2O4. The highest BCUT2D eigenvalue weighted by atomic mass is 19.1. The number of carbonyl (C=O) groups is 3. The molecular weight excluding hydrogens is 262 g/mol.